The monoisotopic (exact) mass is 238 g/mol. The van der Waals surface area contributed by atoms with Gasteiger partial charge in [0.1, 0.15) is 7.85 Å². The third-order valence-corrected chi connectivity index (χ3v) is 3.77. The first-order valence-electron chi connectivity index (χ1n) is 6.43. The molecule has 4 aromatic carbocycles. The first-order valence-corrected chi connectivity index (χ1v) is 6.43. The summed E-state index contributed by atoms with van der Waals surface area (Å²) in [5.41, 5.74) is 0.813. The number of rotatable bonds is 0. The Hall–Kier alpha value is -2.28. The van der Waals surface area contributed by atoms with Gasteiger partial charge in [0.15, 0.2) is 0 Å². The molecule has 0 aliphatic rings. The van der Waals surface area contributed by atoms with Gasteiger partial charge < -0.3 is 0 Å². The van der Waals surface area contributed by atoms with Gasteiger partial charge in [0, 0.05) is 0 Å². The van der Waals surface area contributed by atoms with Crippen molar-refractivity contribution in [2.75, 3.05) is 0 Å². The van der Waals surface area contributed by atoms with Gasteiger partial charge in [-0.3, -0.25) is 0 Å². The minimum Gasteiger partial charge on any atom is -0.0960 e. The first-order chi connectivity index (χ1) is 9.34. The van der Waals surface area contributed by atoms with E-state index in [1.165, 1.54) is 32.3 Å². The Labute approximate surface area is 113 Å². The van der Waals surface area contributed by atoms with Crippen LogP contribution < -0.4 is 5.46 Å². The highest BCUT2D eigenvalue weighted by molar-refractivity contribution is 6.35. The number of benzene rings is 4. The van der Waals surface area contributed by atoms with Gasteiger partial charge in [0.25, 0.3) is 0 Å². The lowest BCUT2D eigenvalue weighted by Crippen LogP contribution is -2.00. The second-order valence-corrected chi connectivity index (χ2v) is 4.90. The highest BCUT2D eigenvalue weighted by atomic mass is 14.1. The normalized spacial score (nSPS) is 11.4. The summed E-state index contributed by atoms with van der Waals surface area (Å²) in [4.78, 5) is 0. The van der Waals surface area contributed by atoms with E-state index < -0.39 is 0 Å². The van der Waals surface area contributed by atoms with E-state index in [1.54, 1.807) is 0 Å². The molecule has 0 aliphatic carbocycles. The van der Waals surface area contributed by atoms with E-state index in [2.05, 4.69) is 60.7 Å². The molecule has 0 spiro atoms. The van der Waals surface area contributed by atoms with Crippen LogP contribution in [0.5, 0.6) is 0 Å². The van der Waals surface area contributed by atoms with Crippen molar-refractivity contribution in [3.63, 3.8) is 0 Å². The van der Waals surface area contributed by atoms with Crippen molar-refractivity contribution in [3.05, 3.63) is 66.7 Å². The van der Waals surface area contributed by atoms with Gasteiger partial charge in [-0.15, -0.1) is 0 Å². The van der Waals surface area contributed by atoms with Crippen LogP contribution in [0.3, 0.4) is 0 Å². The van der Waals surface area contributed by atoms with Crippen LogP contribution in [0.15, 0.2) is 66.7 Å². The Morgan fingerprint density at radius 2 is 0.895 bits per heavy atom. The molecular formula is C18H11B. The molecule has 2 radical (unpaired) electrons. The fourth-order valence-electron chi connectivity index (χ4n) is 2.93. The zero-order valence-electron chi connectivity index (χ0n) is 10.4. The summed E-state index contributed by atoms with van der Waals surface area (Å²) in [5.74, 6) is 0. The minimum atomic E-state index is 0.813. The van der Waals surface area contributed by atoms with Crippen molar-refractivity contribution >= 4 is 45.6 Å². The SMILES string of the molecule is [B]c1ccc2c3ccccc3c3ccccc3c2c1. The third kappa shape index (κ3) is 1.48. The van der Waals surface area contributed by atoms with E-state index in [1.807, 2.05) is 6.07 Å². The molecule has 0 unspecified atom stereocenters. The predicted molar refractivity (Wildman–Crippen MR) is 84.3 cm³/mol. The molecule has 0 N–H and O–H groups in total. The Morgan fingerprint density at radius 3 is 1.42 bits per heavy atom. The molecule has 0 saturated heterocycles. The predicted octanol–water partition coefficient (Wildman–Crippen LogP) is 3.94. The summed E-state index contributed by atoms with van der Waals surface area (Å²) in [5, 5.41) is 7.64. The smallest absolute Gasteiger partial charge is 0.0960 e. The quantitative estimate of drug-likeness (QED) is 0.321. The van der Waals surface area contributed by atoms with E-state index in [4.69, 9.17) is 7.85 Å². The number of fused-ring (bicyclic) bond motifs is 6. The summed E-state index contributed by atoms with van der Waals surface area (Å²) in [6.45, 7) is 0. The molecule has 4 aromatic rings. The molecule has 0 fully saturated rings. The van der Waals surface area contributed by atoms with Crippen molar-refractivity contribution < 1.29 is 0 Å². The van der Waals surface area contributed by atoms with Gasteiger partial charge in [-0.1, -0.05) is 72.2 Å². The zero-order chi connectivity index (χ0) is 12.8. The van der Waals surface area contributed by atoms with Crippen LogP contribution >= 0.6 is 0 Å². The molecule has 0 aromatic heterocycles. The van der Waals surface area contributed by atoms with Crippen molar-refractivity contribution in [3.8, 4) is 0 Å². The molecule has 0 saturated carbocycles. The Bertz CT molecular complexity index is 887. The van der Waals surface area contributed by atoms with Crippen molar-refractivity contribution in [2.24, 2.45) is 0 Å². The first kappa shape index (κ1) is 10.6. The molecule has 0 nitrogen and oxygen atoms in total. The lowest BCUT2D eigenvalue weighted by molar-refractivity contribution is 1.79. The molecule has 4 rings (SSSR count). The highest BCUT2D eigenvalue weighted by Crippen LogP contribution is 2.33. The largest absolute Gasteiger partial charge is 0.113 e. The van der Waals surface area contributed by atoms with Gasteiger partial charge >= 0.3 is 0 Å². The summed E-state index contributed by atoms with van der Waals surface area (Å²) in [6.07, 6.45) is 0. The molecule has 0 aliphatic heterocycles. The summed E-state index contributed by atoms with van der Waals surface area (Å²) in [6, 6.07) is 23.3. The molecular weight excluding hydrogens is 227 g/mol. The average molecular weight is 238 g/mol. The molecule has 1 heteroatoms. The summed E-state index contributed by atoms with van der Waals surface area (Å²) < 4.78 is 0. The molecule has 86 valence electrons. The van der Waals surface area contributed by atoms with E-state index in [0.29, 0.717) is 0 Å². The summed E-state index contributed by atoms with van der Waals surface area (Å²) in [7, 11) is 5.96. The Balaban J connectivity index is 2.43. The van der Waals surface area contributed by atoms with E-state index >= 15 is 0 Å². The molecule has 0 bridgehead atoms. The third-order valence-electron chi connectivity index (χ3n) is 3.77. The van der Waals surface area contributed by atoms with Gasteiger partial charge in [0.05, 0.1) is 0 Å². The molecule has 19 heavy (non-hydrogen) atoms. The van der Waals surface area contributed by atoms with Crippen LogP contribution in [0.4, 0.5) is 0 Å². The van der Waals surface area contributed by atoms with Crippen molar-refractivity contribution in [2.45, 2.75) is 0 Å². The minimum absolute atomic E-state index is 0.813. The maximum atomic E-state index is 5.96. The van der Waals surface area contributed by atoms with Crippen LogP contribution in [0.1, 0.15) is 0 Å². The van der Waals surface area contributed by atoms with E-state index in [9.17, 15) is 0 Å². The maximum absolute atomic E-state index is 5.96. The van der Waals surface area contributed by atoms with Crippen LogP contribution in [-0.4, -0.2) is 7.85 Å². The zero-order valence-corrected chi connectivity index (χ0v) is 10.4. The average Bonchev–Trinajstić information content (AvgIpc) is 2.47. The van der Waals surface area contributed by atoms with Crippen LogP contribution in [0.25, 0.3) is 32.3 Å². The topological polar surface area (TPSA) is 0 Å². The van der Waals surface area contributed by atoms with Gasteiger partial charge in [-0.2, -0.15) is 0 Å². The van der Waals surface area contributed by atoms with E-state index in [-0.39, 0.29) is 0 Å². The molecule has 0 heterocycles. The van der Waals surface area contributed by atoms with Gasteiger partial charge in [-0.25, -0.2) is 0 Å². The van der Waals surface area contributed by atoms with Crippen LogP contribution in [-0.2, 0) is 0 Å². The van der Waals surface area contributed by atoms with Crippen molar-refractivity contribution in [1.29, 1.82) is 0 Å². The maximum Gasteiger partial charge on any atom is 0.113 e. The van der Waals surface area contributed by atoms with Crippen LogP contribution in [0.2, 0.25) is 0 Å². The summed E-state index contributed by atoms with van der Waals surface area (Å²) >= 11 is 0. The van der Waals surface area contributed by atoms with Crippen molar-refractivity contribution in [1.82, 2.24) is 0 Å². The fraction of sp³-hybridized carbons (Fsp3) is 0. The lowest BCUT2D eigenvalue weighted by atomic mass is 9.89. The van der Waals surface area contributed by atoms with Crippen LogP contribution in [0, 0.1) is 0 Å². The Kier molecular flexibility index (Phi) is 2.16. The number of hydrogen-bond acceptors (Lipinski definition) is 0. The fourth-order valence-corrected chi connectivity index (χ4v) is 2.93. The Morgan fingerprint density at radius 1 is 0.474 bits per heavy atom. The van der Waals surface area contributed by atoms with E-state index in [0.717, 1.165) is 5.46 Å². The lowest BCUT2D eigenvalue weighted by Gasteiger charge is -2.10. The highest BCUT2D eigenvalue weighted by Gasteiger charge is 2.07. The number of hydrogen-bond donors (Lipinski definition) is 0. The molecule has 0 amide bonds. The van der Waals surface area contributed by atoms with Gasteiger partial charge in [0.2, 0.25) is 0 Å². The van der Waals surface area contributed by atoms with Gasteiger partial charge in [-0.05, 0) is 32.3 Å². The second kappa shape index (κ2) is 3.86. The standard InChI is InChI=1S/C18H11B/c19-12-9-10-17-15-7-2-1-5-13(15)14-6-3-4-8-16(14)18(17)11-12/h1-11H. The molecule has 0 atom stereocenters. The second-order valence-electron chi connectivity index (χ2n) is 4.90.